The van der Waals surface area contributed by atoms with E-state index >= 15 is 0 Å². The van der Waals surface area contributed by atoms with Crippen molar-refractivity contribution in [3.8, 4) is 5.75 Å². The summed E-state index contributed by atoms with van der Waals surface area (Å²) >= 11 is 14.7. The molecule has 0 atom stereocenters. The predicted octanol–water partition coefficient (Wildman–Crippen LogP) is 5.64. The zero-order chi connectivity index (χ0) is 20.6. The molecule has 146 valence electrons. The fourth-order valence-corrected chi connectivity index (χ4v) is 3.10. The molecule has 8 heteroatoms. The van der Waals surface area contributed by atoms with Crippen molar-refractivity contribution in [1.29, 1.82) is 0 Å². The largest absolute Gasteiger partial charge is 0.422 e. The van der Waals surface area contributed by atoms with Gasteiger partial charge in [-0.25, -0.2) is 4.79 Å². The van der Waals surface area contributed by atoms with Crippen molar-refractivity contribution in [2.45, 2.75) is 0 Å². The molecule has 0 heterocycles. The molecule has 0 radical (unpaired) electrons. The molecule has 0 saturated heterocycles. The summed E-state index contributed by atoms with van der Waals surface area (Å²) in [6.07, 6.45) is 1.51. The number of anilines is 1. The van der Waals surface area contributed by atoms with Crippen LogP contribution in [0.4, 0.5) is 5.69 Å². The maximum atomic E-state index is 12.4. The number of benzene rings is 3. The third kappa shape index (κ3) is 6.12. The van der Waals surface area contributed by atoms with E-state index in [1.807, 2.05) is 30.3 Å². The number of carbonyl (C=O) groups is 1. The van der Waals surface area contributed by atoms with Gasteiger partial charge in [-0.05, 0) is 54.7 Å². The summed E-state index contributed by atoms with van der Waals surface area (Å²) < 4.78 is 6.32. The number of thiocarbonyl (C=S) groups is 1. The van der Waals surface area contributed by atoms with Gasteiger partial charge in [0.05, 0.1) is 16.8 Å². The third-order valence-corrected chi connectivity index (χ3v) is 4.69. The van der Waals surface area contributed by atoms with E-state index in [2.05, 4.69) is 31.8 Å². The molecule has 3 aromatic rings. The number of carbonyl (C=O) groups excluding carboxylic acids is 1. The van der Waals surface area contributed by atoms with E-state index in [1.54, 1.807) is 42.5 Å². The van der Waals surface area contributed by atoms with Crippen LogP contribution in [0.3, 0.4) is 0 Å². The molecule has 0 fully saturated rings. The van der Waals surface area contributed by atoms with Crippen LogP contribution in [-0.2, 0) is 0 Å². The molecule has 29 heavy (non-hydrogen) atoms. The van der Waals surface area contributed by atoms with Crippen molar-refractivity contribution in [3.63, 3.8) is 0 Å². The Hall–Kier alpha value is -2.74. The number of ether oxygens (including phenoxy) is 1. The second-order valence-corrected chi connectivity index (χ2v) is 7.47. The zero-order valence-electron chi connectivity index (χ0n) is 14.9. The summed E-state index contributed by atoms with van der Waals surface area (Å²) in [6.45, 7) is 0. The first kappa shape index (κ1) is 21.0. The smallest absolute Gasteiger partial charge is 0.345 e. The molecule has 0 saturated carbocycles. The number of rotatable bonds is 5. The lowest BCUT2D eigenvalue weighted by atomic mass is 10.2. The molecule has 2 N–H and O–H groups in total. The number of hydrogen-bond donors (Lipinski definition) is 2. The minimum Gasteiger partial charge on any atom is -0.422 e. The average molecular weight is 489 g/mol. The second-order valence-electron chi connectivity index (χ2n) is 5.74. The predicted molar refractivity (Wildman–Crippen MR) is 124 cm³/mol. The van der Waals surface area contributed by atoms with E-state index in [4.69, 9.17) is 28.6 Å². The van der Waals surface area contributed by atoms with Crippen molar-refractivity contribution < 1.29 is 9.53 Å². The molecule has 0 aliphatic heterocycles. The lowest BCUT2D eigenvalue weighted by Gasteiger charge is -2.09. The van der Waals surface area contributed by atoms with Crippen LogP contribution in [0.2, 0.25) is 5.02 Å². The number of para-hydroxylation sites is 1. The first-order chi connectivity index (χ1) is 14.0. The molecule has 0 bridgehead atoms. The first-order valence-electron chi connectivity index (χ1n) is 8.44. The Labute approximate surface area is 186 Å². The quantitative estimate of drug-likeness (QED) is 0.160. The third-order valence-electron chi connectivity index (χ3n) is 3.67. The van der Waals surface area contributed by atoms with Crippen LogP contribution < -0.4 is 15.5 Å². The molecule has 0 aliphatic carbocycles. The van der Waals surface area contributed by atoms with Crippen LogP contribution >= 0.6 is 39.7 Å². The Balaban J connectivity index is 1.70. The summed E-state index contributed by atoms with van der Waals surface area (Å²) in [6, 6.07) is 21.4. The minimum atomic E-state index is -0.554. The number of hydrazone groups is 1. The SMILES string of the molecule is O=C(Oc1ccc(Br)cc1/C=N\NC(=S)Nc1ccccc1)c1ccccc1Cl. The molecular formula is C21H15BrClN3O2S. The van der Waals surface area contributed by atoms with E-state index in [-0.39, 0.29) is 5.56 Å². The van der Waals surface area contributed by atoms with Crippen molar-refractivity contribution in [3.05, 3.63) is 93.4 Å². The fraction of sp³-hybridized carbons (Fsp3) is 0. The van der Waals surface area contributed by atoms with Crippen molar-refractivity contribution in [1.82, 2.24) is 5.43 Å². The van der Waals surface area contributed by atoms with Gasteiger partial charge in [-0.15, -0.1) is 0 Å². The van der Waals surface area contributed by atoms with Gasteiger partial charge in [0.1, 0.15) is 5.75 Å². The molecule has 0 aliphatic rings. The van der Waals surface area contributed by atoms with Crippen LogP contribution in [0.1, 0.15) is 15.9 Å². The van der Waals surface area contributed by atoms with E-state index in [9.17, 15) is 4.79 Å². The molecular weight excluding hydrogens is 474 g/mol. The summed E-state index contributed by atoms with van der Waals surface area (Å²) in [7, 11) is 0. The average Bonchev–Trinajstić information content (AvgIpc) is 2.71. The lowest BCUT2D eigenvalue weighted by molar-refractivity contribution is 0.0734. The van der Waals surface area contributed by atoms with E-state index in [1.165, 1.54) is 6.21 Å². The molecule has 3 aromatic carbocycles. The standard InChI is InChI=1S/C21H15BrClN3O2S/c22-15-10-11-19(28-20(27)17-8-4-5-9-18(17)23)14(12-15)13-24-26-21(29)25-16-6-2-1-3-7-16/h1-13H,(H2,25,26,29)/b24-13-. The Morgan fingerprint density at radius 1 is 1.07 bits per heavy atom. The summed E-state index contributed by atoms with van der Waals surface area (Å²) in [4.78, 5) is 12.4. The van der Waals surface area contributed by atoms with E-state index < -0.39 is 5.97 Å². The maximum absolute atomic E-state index is 12.4. The van der Waals surface area contributed by atoms with E-state index in [0.717, 1.165) is 10.2 Å². The number of nitrogens with zero attached hydrogens (tertiary/aromatic N) is 1. The van der Waals surface area contributed by atoms with Gasteiger partial charge in [0.25, 0.3) is 0 Å². The van der Waals surface area contributed by atoms with Gasteiger partial charge in [-0.3, -0.25) is 5.43 Å². The molecule has 5 nitrogen and oxygen atoms in total. The Morgan fingerprint density at radius 2 is 1.79 bits per heavy atom. The lowest BCUT2D eigenvalue weighted by Crippen LogP contribution is -2.23. The Kier molecular flexibility index (Phi) is 7.35. The summed E-state index contributed by atoms with van der Waals surface area (Å²) in [5, 5.41) is 7.79. The highest BCUT2D eigenvalue weighted by atomic mass is 79.9. The van der Waals surface area contributed by atoms with Gasteiger partial charge in [0.15, 0.2) is 5.11 Å². The van der Waals surface area contributed by atoms with Crippen LogP contribution in [0, 0.1) is 0 Å². The normalized spacial score (nSPS) is 10.6. The minimum absolute atomic E-state index is 0.284. The van der Waals surface area contributed by atoms with Crippen LogP contribution in [0.5, 0.6) is 5.75 Å². The van der Waals surface area contributed by atoms with Gasteiger partial charge in [0, 0.05) is 15.7 Å². The topological polar surface area (TPSA) is 62.7 Å². The van der Waals surface area contributed by atoms with Gasteiger partial charge in [0.2, 0.25) is 0 Å². The highest BCUT2D eigenvalue weighted by molar-refractivity contribution is 9.10. The van der Waals surface area contributed by atoms with Gasteiger partial charge >= 0.3 is 5.97 Å². The van der Waals surface area contributed by atoms with Crippen molar-refractivity contribution in [2.24, 2.45) is 5.10 Å². The van der Waals surface area contributed by atoms with Gasteiger partial charge in [-0.2, -0.15) is 5.10 Å². The van der Waals surface area contributed by atoms with Gasteiger partial charge < -0.3 is 10.1 Å². The number of nitrogens with one attached hydrogen (secondary N) is 2. The molecule has 0 unspecified atom stereocenters. The summed E-state index contributed by atoms with van der Waals surface area (Å²) in [5.74, 6) is -0.215. The van der Waals surface area contributed by atoms with Gasteiger partial charge in [-0.1, -0.05) is 57.9 Å². The van der Waals surface area contributed by atoms with E-state index in [0.29, 0.717) is 21.4 Å². The number of hydrogen-bond acceptors (Lipinski definition) is 4. The molecule has 0 spiro atoms. The van der Waals surface area contributed by atoms with Crippen LogP contribution in [-0.4, -0.2) is 17.3 Å². The first-order valence-corrected chi connectivity index (χ1v) is 10.0. The van der Waals surface area contributed by atoms with Crippen LogP contribution in [0.15, 0.2) is 82.4 Å². The fourth-order valence-electron chi connectivity index (χ4n) is 2.34. The summed E-state index contributed by atoms with van der Waals surface area (Å²) in [5.41, 5.74) is 4.44. The highest BCUT2D eigenvalue weighted by Crippen LogP contribution is 2.24. The highest BCUT2D eigenvalue weighted by Gasteiger charge is 2.14. The Bertz CT molecular complexity index is 1060. The maximum Gasteiger partial charge on any atom is 0.345 e. The Morgan fingerprint density at radius 3 is 2.55 bits per heavy atom. The van der Waals surface area contributed by atoms with Crippen molar-refractivity contribution in [2.75, 3.05) is 5.32 Å². The number of esters is 1. The monoisotopic (exact) mass is 487 g/mol. The molecule has 0 aromatic heterocycles. The molecule has 3 rings (SSSR count). The second kappa shape index (κ2) is 10.2. The van der Waals surface area contributed by atoms with Crippen molar-refractivity contribution >= 4 is 62.7 Å². The molecule has 0 amide bonds. The number of halogens is 2. The zero-order valence-corrected chi connectivity index (χ0v) is 18.1. The van der Waals surface area contributed by atoms with Crippen LogP contribution in [0.25, 0.3) is 0 Å².